The van der Waals surface area contributed by atoms with Crippen molar-refractivity contribution in [3.05, 3.63) is 53.4 Å². The molecule has 7 nitrogen and oxygen atoms in total. The average molecular weight is 487 g/mol. The second-order valence-corrected chi connectivity index (χ2v) is 9.91. The van der Waals surface area contributed by atoms with Crippen LogP contribution in [0.5, 0.6) is 0 Å². The maximum absolute atomic E-state index is 13.3. The van der Waals surface area contributed by atoms with Crippen molar-refractivity contribution in [1.82, 2.24) is 20.7 Å². The summed E-state index contributed by atoms with van der Waals surface area (Å²) in [5.41, 5.74) is 1.58. The quantitative estimate of drug-likeness (QED) is 0.623. The van der Waals surface area contributed by atoms with Gasteiger partial charge in [0.15, 0.2) is 5.69 Å². The molecule has 1 aromatic heterocycles. The van der Waals surface area contributed by atoms with E-state index in [9.17, 15) is 9.59 Å². The fourth-order valence-corrected chi connectivity index (χ4v) is 5.26. The summed E-state index contributed by atoms with van der Waals surface area (Å²) in [6.45, 7) is 2.69. The van der Waals surface area contributed by atoms with Gasteiger partial charge >= 0.3 is 0 Å². The van der Waals surface area contributed by atoms with E-state index in [2.05, 4.69) is 32.8 Å². The Morgan fingerprint density at radius 3 is 2.59 bits per heavy atom. The first-order chi connectivity index (χ1) is 16.2. The van der Waals surface area contributed by atoms with Crippen LogP contribution in [0.25, 0.3) is 0 Å². The highest BCUT2D eigenvalue weighted by molar-refractivity contribution is 5.92. The summed E-state index contributed by atoms with van der Waals surface area (Å²) in [7, 11) is 0. The van der Waals surface area contributed by atoms with Crippen LogP contribution in [0.2, 0.25) is 0 Å². The van der Waals surface area contributed by atoms with Crippen LogP contribution in [0.4, 0.5) is 0 Å². The predicted molar refractivity (Wildman–Crippen MR) is 132 cm³/mol. The molecule has 5 rings (SSSR count). The molecule has 0 spiro atoms. The van der Waals surface area contributed by atoms with Crippen LogP contribution in [0.15, 0.2) is 40.9 Å². The minimum atomic E-state index is -0.177. The van der Waals surface area contributed by atoms with Gasteiger partial charge in [-0.25, -0.2) is 0 Å². The zero-order chi connectivity index (χ0) is 22.6. The van der Waals surface area contributed by atoms with Crippen molar-refractivity contribution in [1.29, 1.82) is 0 Å². The van der Waals surface area contributed by atoms with Crippen LogP contribution in [0.1, 0.15) is 72.7 Å². The molecule has 1 saturated carbocycles. The number of carbonyl (C=O) groups excluding carboxylic acids is 2. The fourth-order valence-electron chi connectivity index (χ4n) is 5.26. The molecular formula is C26H35ClN4O3. The van der Waals surface area contributed by atoms with Crippen molar-refractivity contribution in [3.63, 3.8) is 0 Å². The molecule has 2 N–H and O–H groups in total. The molecule has 0 bridgehead atoms. The number of benzene rings is 1. The molecule has 0 radical (unpaired) electrons. The molecule has 2 saturated heterocycles. The number of carbonyl (C=O) groups is 2. The third-order valence-electron chi connectivity index (χ3n) is 7.35. The van der Waals surface area contributed by atoms with Gasteiger partial charge in [0, 0.05) is 37.0 Å². The molecule has 34 heavy (non-hydrogen) atoms. The SMILES string of the molecule is Cl.O=C(N[C@H]1CCN(C(=O)CC2CCNCC2)[C@H](Cc2ccccc2)C1)c1cc(C2CC2)on1. The number of nitrogens with one attached hydrogen (secondary N) is 2. The van der Waals surface area contributed by atoms with Gasteiger partial charge in [-0.3, -0.25) is 9.59 Å². The Balaban J connectivity index is 0.00000274. The number of halogens is 1. The maximum atomic E-state index is 13.3. The highest BCUT2D eigenvalue weighted by Crippen LogP contribution is 2.40. The minimum Gasteiger partial charge on any atom is -0.360 e. The lowest BCUT2D eigenvalue weighted by Gasteiger charge is -2.40. The van der Waals surface area contributed by atoms with Crippen molar-refractivity contribution in [3.8, 4) is 0 Å². The summed E-state index contributed by atoms with van der Waals surface area (Å²) < 4.78 is 5.35. The Kier molecular flexibility index (Phi) is 8.27. The normalized spacial score (nSPS) is 23.2. The van der Waals surface area contributed by atoms with Gasteiger partial charge in [0.1, 0.15) is 5.76 Å². The van der Waals surface area contributed by atoms with Crippen LogP contribution >= 0.6 is 12.4 Å². The summed E-state index contributed by atoms with van der Waals surface area (Å²) in [4.78, 5) is 28.2. The van der Waals surface area contributed by atoms with Gasteiger partial charge in [0.25, 0.3) is 5.91 Å². The van der Waals surface area contributed by atoms with Crippen molar-refractivity contribution in [2.45, 2.75) is 69.4 Å². The van der Waals surface area contributed by atoms with E-state index in [1.54, 1.807) is 6.07 Å². The van der Waals surface area contributed by atoms with Gasteiger partial charge in [-0.15, -0.1) is 12.4 Å². The third kappa shape index (κ3) is 6.19. The smallest absolute Gasteiger partial charge is 0.273 e. The Morgan fingerprint density at radius 2 is 1.85 bits per heavy atom. The number of rotatable bonds is 7. The van der Waals surface area contributed by atoms with E-state index in [1.807, 2.05) is 18.2 Å². The Bertz CT molecular complexity index is 956. The minimum absolute atomic E-state index is 0. The second kappa shape index (κ2) is 11.4. The Labute approximate surface area is 207 Å². The summed E-state index contributed by atoms with van der Waals surface area (Å²) in [6.07, 6.45) is 7.33. The number of hydrogen-bond donors (Lipinski definition) is 2. The van der Waals surface area contributed by atoms with Crippen molar-refractivity contribution in [2.24, 2.45) is 5.92 Å². The predicted octanol–water partition coefficient (Wildman–Crippen LogP) is 3.70. The number of likely N-dealkylation sites (tertiary alicyclic amines) is 1. The van der Waals surface area contributed by atoms with Crippen molar-refractivity contribution >= 4 is 24.2 Å². The first-order valence-corrected chi connectivity index (χ1v) is 12.5. The maximum Gasteiger partial charge on any atom is 0.273 e. The van der Waals surface area contributed by atoms with E-state index in [4.69, 9.17) is 4.52 Å². The zero-order valence-electron chi connectivity index (χ0n) is 19.6. The number of hydrogen-bond acceptors (Lipinski definition) is 5. The third-order valence-corrected chi connectivity index (χ3v) is 7.35. The number of aromatic nitrogens is 1. The molecular weight excluding hydrogens is 452 g/mol. The molecule has 3 fully saturated rings. The molecule has 3 aliphatic rings. The van der Waals surface area contributed by atoms with Gasteiger partial charge in [-0.2, -0.15) is 0 Å². The largest absolute Gasteiger partial charge is 0.360 e. The number of piperidine rings is 2. The topological polar surface area (TPSA) is 87.5 Å². The highest BCUT2D eigenvalue weighted by atomic mass is 35.5. The molecule has 0 unspecified atom stereocenters. The van der Waals surface area contributed by atoms with E-state index in [-0.39, 0.29) is 36.3 Å². The van der Waals surface area contributed by atoms with Gasteiger partial charge in [-0.1, -0.05) is 35.5 Å². The second-order valence-electron chi connectivity index (χ2n) is 9.91. The molecule has 2 amide bonds. The molecule has 2 aromatic rings. The summed E-state index contributed by atoms with van der Waals surface area (Å²) in [6, 6.07) is 12.2. The van der Waals surface area contributed by atoms with Crippen LogP contribution in [-0.4, -0.2) is 53.6 Å². The summed E-state index contributed by atoms with van der Waals surface area (Å²) in [5, 5.41) is 10.5. The van der Waals surface area contributed by atoms with Crippen molar-refractivity contribution < 1.29 is 14.1 Å². The van der Waals surface area contributed by atoms with Crippen molar-refractivity contribution in [2.75, 3.05) is 19.6 Å². The van der Waals surface area contributed by atoms with E-state index >= 15 is 0 Å². The van der Waals surface area contributed by atoms with Crippen LogP contribution in [0.3, 0.4) is 0 Å². The number of amides is 2. The highest BCUT2D eigenvalue weighted by Gasteiger charge is 2.34. The molecule has 1 aromatic carbocycles. The molecule has 2 aliphatic heterocycles. The van der Waals surface area contributed by atoms with E-state index < -0.39 is 0 Å². The lowest BCUT2D eigenvalue weighted by atomic mass is 9.89. The van der Waals surface area contributed by atoms with Gasteiger partial charge in [0.2, 0.25) is 5.91 Å². The monoisotopic (exact) mass is 486 g/mol. The van der Waals surface area contributed by atoms with E-state index in [0.29, 0.717) is 30.5 Å². The zero-order valence-corrected chi connectivity index (χ0v) is 20.4. The summed E-state index contributed by atoms with van der Waals surface area (Å²) in [5.74, 6) is 1.81. The number of nitrogens with zero attached hydrogens (tertiary/aromatic N) is 2. The summed E-state index contributed by atoms with van der Waals surface area (Å²) >= 11 is 0. The van der Waals surface area contributed by atoms with Gasteiger partial charge in [-0.05, 0) is 69.5 Å². The van der Waals surface area contributed by atoms with Crippen LogP contribution in [0, 0.1) is 5.92 Å². The first kappa shape index (κ1) is 24.7. The molecule has 8 heteroatoms. The van der Waals surface area contributed by atoms with E-state index in [0.717, 1.165) is 63.8 Å². The van der Waals surface area contributed by atoms with Gasteiger partial charge in [0.05, 0.1) is 0 Å². The fraction of sp³-hybridized carbons (Fsp3) is 0.577. The van der Waals surface area contributed by atoms with Crippen LogP contribution < -0.4 is 10.6 Å². The first-order valence-electron chi connectivity index (χ1n) is 12.5. The molecule has 3 heterocycles. The van der Waals surface area contributed by atoms with Crippen LogP contribution in [-0.2, 0) is 11.2 Å². The lowest BCUT2D eigenvalue weighted by Crippen LogP contribution is -2.53. The lowest BCUT2D eigenvalue weighted by molar-refractivity contribution is -0.136. The molecule has 2 atom stereocenters. The molecule has 184 valence electrons. The van der Waals surface area contributed by atoms with E-state index in [1.165, 1.54) is 5.56 Å². The van der Waals surface area contributed by atoms with Gasteiger partial charge < -0.3 is 20.1 Å². The Morgan fingerprint density at radius 1 is 1.09 bits per heavy atom. The Hall–Kier alpha value is -2.38. The standard InChI is InChI=1S/C26H34N4O3.ClH/c31-25(15-19-8-11-27-12-9-19)30-13-10-21(16-22(30)14-18-4-2-1-3-5-18)28-26(32)23-17-24(33-29-23)20-6-7-20;/h1-5,17,19-22,27H,6-16H2,(H,28,32);1H/t21-,22+;/m0./s1. The average Bonchev–Trinajstić information content (AvgIpc) is 3.56. The molecule has 1 aliphatic carbocycles.